The molecule has 2 N–H and O–H groups in total. The van der Waals surface area contributed by atoms with Gasteiger partial charge in [0.15, 0.2) is 0 Å². The van der Waals surface area contributed by atoms with Gasteiger partial charge in [-0.05, 0) is 77.1 Å². The van der Waals surface area contributed by atoms with Gasteiger partial charge in [-0.2, -0.15) is 0 Å². The van der Waals surface area contributed by atoms with Crippen LogP contribution < -0.4 is 10.6 Å². The number of rotatable bonds is 40. The smallest absolute Gasteiger partial charge is 0.411 e. The standard InChI is InChI=1S/C48H90N4O4/c1-5-7-9-11-13-15-17-19-21-23-25-27-29-31-39-51(3)41-33-43-55-47(53)49-45-35-37-46(38-36-45)50-48(54)56-44-34-42-52(4)40-32-30-28-26-24-22-20-18-16-14-12-10-8-6-2/h35-38H,5-34,39-44H2,1-4H3,(H,49,53)(H,50,54). The number of amides is 2. The molecule has 0 aliphatic carbocycles. The Balaban J connectivity index is 1.95. The van der Waals surface area contributed by atoms with Gasteiger partial charge in [-0.25, -0.2) is 9.59 Å². The molecular formula is C48H90N4O4. The minimum Gasteiger partial charge on any atom is -0.449 e. The first-order valence-corrected chi connectivity index (χ1v) is 23.8. The van der Waals surface area contributed by atoms with E-state index in [0.29, 0.717) is 24.6 Å². The highest BCUT2D eigenvalue weighted by Crippen LogP contribution is 2.16. The normalized spacial score (nSPS) is 11.4. The maximum atomic E-state index is 12.3. The average molecular weight is 787 g/mol. The van der Waals surface area contributed by atoms with E-state index < -0.39 is 12.2 Å². The third-order valence-electron chi connectivity index (χ3n) is 11.0. The molecule has 0 spiro atoms. The van der Waals surface area contributed by atoms with Gasteiger partial charge in [0.25, 0.3) is 0 Å². The summed E-state index contributed by atoms with van der Waals surface area (Å²) in [6.45, 7) is 9.35. The summed E-state index contributed by atoms with van der Waals surface area (Å²) in [4.78, 5) is 29.2. The van der Waals surface area contributed by atoms with Crippen molar-refractivity contribution in [3.63, 3.8) is 0 Å². The van der Waals surface area contributed by atoms with Gasteiger partial charge in [0.1, 0.15) is 0 Å². The van der Waals surface area contributed by atoms with Gasteiger partial charge >= 0.3 is 12.2 Å². The fraction of sp³-hybridized carbons (Fsp3) is 0.833. The molecule has 326 valence electrons. The topological polar surface area (TPSA) is 83.1 Å². The van der Waals surface area contributed by atoms with Crippen LogP contribution >= 0.6 is 0 Å². The van der Waals surface area contributed by atoms with Crippen LogP contribution in [-0.4, -0.2) is 75.5 Å². The molecule has 1 aromatic carbocycles. The zero-order chi connectivity index (χ0) is 40.6. The molecule has 0 saturated heterocycles. The Labute approximate surface area is 346 Å². The lowest BCUT2D eigenvalue weighted by molar-refractivity contribution is 0.153. The van der Waals surface area contributed by atoms with E-state index in [0.717, 1.165) is 39.0 Å². The van der Waals surface area contributed by atoms with Gasteiger partial charge in [0.2, 0.25) is 0 Å². The van der Waals surface area contributed by atoms with E-state index in [1.54, 1.807) is 24.3 Å². The highest BCUT2D eigenvalue weighted by atomic mass is 16.6. The Morgan fingerprint density at radius 1 is 0.393 bits per heavy atom. The van der Waals surface area contributed by atoms with Crippen LogP contribution in [0.5, 0.6) is 0 Å². The summed E-state index contributed by atoms with van der Waals surface area (Å²) in [6.07, 6.45) is 39.3. The summed E-state index contributed by atoms with van der Waals surface area (Å²) in [5.74, 6) is 0. The van der Waals surface area contributed by atoms with Crippen molar-refractivity contribution >= 4 is 23.6 Å². The van der Waals surface area contributed by atoms with E-state index in [1.165, 1.54) is 180 Å². The Hall–Kier alpha value is -2.32. The van der Waals surface area contributed by atoms with Crippen molar-refractivity contribution in [1.82, 2.24) is 9.80 Å². The molecule has 0 atom stereocenters. The lowest BCUT2D eigenvalue weighted by Gasteiger charge is -2.16. The predicted molar refractivity (Wildman–Crippen MR) is 241 cm³/mol. The molecule has 0 saturated carbocycles. The zero-order valence-electron chi connectivity index (χ0n) is 37.3. The number of carbonyl (C=O) groups excluding carboxylic acids is 2. The quantitative estimate of drug-likeness (QED) is 0.0645. The molecule has 2 amide bonds. The van der Waals surface area contributed by atoms with Crippen LogP contribution in [0.3, 0.4) is 0 Å². The second kappa shape index (κ2) is 39.5. The Morgan fingerprint density at radius 3 is 0.893 bits per heavy atom. The summed E-state index contributed by atoms with van der Waals surface area (Å²) >= 11 is 0. The number of benzene rings is 1. The summed E-state index contributed by atoms with van der Waals surface area (Å²) < 4.78 is 10.8. The van der Waals surface area contributed by atoms with Gasteiger partial charge in [-0.15, -0.1) is 0 Å². The van der Waals surface area contributed by atoms with Crippen LogP contribution in [0.25, 0.3) is 0 Å². The summed E-state index contributed by atoms with van der Waals surface area (Å²) in [7, 11) is 4.30. The number of hydrogen-bond donors (Lipinski definition) is 2. The van der Waals surface area contributed by atoms with Crippen LogP contribution in [0.1, 0.15) is 206 Å². The van der Waals surface area contributed by atoms with Gasteiger partial charge in [0, 0.05) is 24.5 Å². The van der Waals surface area contributed by atoms with Crippen LogP contribution in [0, 0.1) is 0 Å². The summed E-state index contributed by atoms with van der Waals surface area (Å²) in [5.41, 5.74) is 1.23. The number of anilines is 2. The summed E-state index contributed by atoms with van der Waals surface area (Å²) in [5, 5.41) is 5.53. The third kappa shape index (κ3) is 34.9. The molecule has 0 aliphatic rings. The zero-order valence-corrected chi connectivity index (χ0v) is 37.3. The van der Waals surface area contributed by atoms with Crippen LogP contribution in [0.4, 0.5) is 21.0 Å². The fourth-order valence-corrected chi connectivity index (χ4v) is 7.32. The minimum atomic E-state index is -0.464. The molecule has 56 heavy (non-hydrogen) atoms. The Morgan fingerprint density at radius 2 is 0.625 bits per heavy atom. The van der Waals surface area contributed by atoms with E-state index in [9.17, 15) is 9.59 Å². The number of ether oxygens (including phenoxy) is 2. The van der Waals surface area contributed by atoms with Crippen molar-refractivity contribution in [2.75, 3.05) is 64.1 Å². The number of unbranched alkanes of at least 4 members (excludes halogenated alkanes) is 26. The second-order valence-corrected chi connectivity index (χ2v) is 16.6. The molecule has 1 rings (SSSR count). The second-order valence-electron chi connectivity index (χ2n) is 16.6. The fourth-order valence-electron chi connectivity index (χ4n) is 7.32. The average Bonchev–Trinajstić information content (AvgIpc) is 3.19. The SMILES string of the molecule is CCCCCCCCCCCCCCCCN(C)CCCOC(=O)Nc1ccc(NC(=O)OCCCN(C)CCCCCCCCCCCCCCCC)cc1. The Bertz CT molecular complexity index is 928. The highest BCUT2D eigenvalue weighted by molar-refractivity contribution is 5.87. The van der Waals surface area contributed by atoms with Crippen LogP contribution in [0.2, 0.25) is 0 Å². The summed E-state index contributed by atoms with van der Waals surface area (Å²) in [6, 6.07) is 6.97. The molecular weight excluding hydrogens is 697 g/mol. The first-order chi connectivity index (χ1) is 27.4. The molecule has 0 fully saturated rings. The van der Waals surface area contributed by atoms with E-state index in [-0.39, 0.29) is 0 Å². The number of hydrogen-bond acceptors (Lipinski definition) is 6. The minimum absolute atomic E-state index is 0.385. The molecule has 1 aromatic rings. The van der Waals surface area contributed by atoms with Crippen molar-refractivity contribution in [2.45, 2.75) is 206 Å². The van der Waals surface area contributed by atoms with E-state index in [2.05, 4.69) is 48.4 Å². The van der Waals surface area contributed by atoms with E-state index in [4.69, 9.17) is 9.47 Å². The van der Waals surface area contributed by atoms with Crippen LogP contribution in [0.15, 0.2) is 24.3 Å². The Kier molecular flexibility index (Phi) is 36.5. The van der Waals surface area contributed by atoms with Gasteiger partial charge in [-0.3, -0.25) is 10.6 Å². The van der Waals surface area contributed by atoms with Gasteiger partial charge < -0.3 is 19.3 Å². The number of nitrogens with zero attached hydrogens (tertiary/aromatic N) is 2. The number of carbonyl (C=O) groups is 2. The van der Waals surface area contributed by atoms with Crippen molar-refractivity contribution in [1.29, 1.82) is 0 Å². The largest absolute Gasteiger partial charge is 0.449 e. The lowest BCUT2D eigenvalue weighted by Crippen LogP contribution is -2.23. The maximum absolute atomic E-state index is 12.3. The molecule has 8 heteroatoms. The molecule has 8 nitrogen and oxygen atoms in total. The molecule has 0 aliphatic heterocycles. The van der Waals surface area contributed by atoms with Crippen molar-refractivity contribution in [2.24, 2.45) is 0 Å². The maximum Gasteiger partial charge on any atom is 0.411 e. The van der Waals surface area contributed by atoms with Crippen molar-refractivity contribution in [3.8, 4) is 0 Å². The molecule has 0 aromatic heterocycles. The van der Waals surface area contributed by atoms with Crippen molar-refractivity contribution < 1.29 is 19.1 Å². The third-order valence-corrected chi connectivity index (χ3v) is 11.0. The first kappa shape index (κ1) is 51.7. The predicted octanol–water partition coefficient (Wildman–Crippen LogP) is 14.4. The first-order valence-electron chi connectivity index (χ1n) is 23.8. The monoisotopic (exact) mass is 787 g/mol. The molecule has 0 radical (unpaired) electrons. The molecule has 0 unspecified atom stereocenters. The number of nitrogens with one attached hydrogen (secondary N) is 2. The van der Waals surface area contributed by atoms with Crippen LogP contribution in [-0.2, 0) is 9.47 Å². The lowest BCUT2D eigenvalue weighted by atomic mass is 10.0. The van der Waals surface area contributed by atoms with Gasteiger partial charge in [-0.1, -0.05) is 181 Å². The highest BCUT2D eigenvalue weighted by Gasteiger charge is 2.07. The molecule has 0 heterocycles. The van der Waals surface area contributed by atoms with Gasteiger partial charge in [0.05, 0.1) is 13.2 Å². The molecule has 0 bridgehead atoms. The van der Waals surface area contributed by atoms with E-state index in [1.807, 2.05) is 0 Å². The van der Waals surface area contributed by atoms with Crippen molar-refractivity contribution in [3.05, 3.63) is 24.3 Å². The van der Waals surface area contributed by atoms with E-state index >= 15 is 0 Å².